The predicted octanol–water partition coefficient (Wildman–Crippen LogP) is 1.71. The molecule has 0 bridgehead atoms. The van der Waals surface area contributed by atoms with E-state index < -0.39 is 30.7 Å². The van der Waals surface area contributed by atoms with Gasteiger partial charge in [0.2, 0.25) is 6.29 Å². The van der Waals surface area contributed by atoms with E-state index in [-0.39, 0.29) is 5.97 Å². The molecule has 8 heteroatoms. The lowest BCUT2D eigenvalue weighted by Crippen LogP contribution is -2.58. The summed E-state index contributed by atoms with van der Waals surface area (Å²) in [6.45, 7) is 4.41. The number of rotatable bonds is 6. The summed E-state index contributed by atoms with van der Waals surface area (Å²) in [5, 5.41) is 29.7. The molecule has 3 saturated heterocycles. The van der Waals surface area contributed by atoms with E-state index >= 15 is 0 Å². The zero-order valence-corrected chi connectivity index (χ0v) is 19.1. The molecule has 0 aromatic heterocycles. The predicted molar refractivity (Wildman–Crippen MR) is 121 cm³/mol. The Labute approximate surface area is 194 Å². The van der Waals surface area contributed by atoms with Crippen LogP contribution >= 0.6 is 0 Å². The second-order valence-corrected chi connectivity index (χ2v) is 9.33. The quantitative estimate of drug-likeness (QED) is 0.434. The molecule has 0 unspecified atom stereocenters. The lowest BCUT2D eigenvalue weighted by molar-refractivity contribution is -0.268. The van der Waals surface area contributed by atoms with Crippen LogP contribution in [0.15, 0.2) is 30.3 Å². The number of carbonyl (C=O) groups is 1. The molecule has 0 aliphatic carbocycles. The van der Waals surface area contributed by atoms with Crippen LogP contribution in [0.2, 0.25) is 0 Å². The lowest BCUT2D eigenvalue weighted by atomic mass is 9.84. The number of benzene rings is 1. The van der Waals surface area contributed by atoms with E-state index in [2.05, 4.69) is 4.90 Å². The van der Waals surface area contributed by atoms with Crippen molar-refractivity contribution in [1.29, 1.82) is 0 Å². The molecule has 0 saturated carbocycles. The Kier molecular flexibility index (Phi) is 8.03. The first-order valence-corrected chi connectivity index (χ1v) is 12.0. The third kappa shape index (κ3) is 5.94. The van der Waals surface area contributed by atoms with Crippen molar-refractivity contribution in [3.05, 3.63) is 35.9 Å². The number of aliphatic hydroxyl groups is 3. The summed E-state index contributed by atoms with van der Waals surface area (Å²) in [5.74, 6) is 0.514. The molecule has 8 nitrogen and oxygen atoms in total. The van der Waals surface area contributed by atoms with Gasteiger partial charge in [-0.1, -0.05) is 18.6 Å². The minimum absolute atomic E-state index is 0.344. The highest BCUT2D eigenvalue weighted by Gasteiger charge is 2.43. The van der Waals surface area contributed by atoms with Gasteiger partial charge >= 0.3 is 5.97 Å². The third-order valence-corrected chi connectivity index (χ3v) is 7.02. The summed E-state index contributed by atoms with van der Waals surface area (Å²) >= 11 is 0. The maximum absolute atomic E-state index is 12.2. The van der Waals surface area contributed by atoms with E-state index in [0.29, 0.717) is 24.3 Å². The average Bonchev–Trinajstić information content (AvgIpc) is 2.84. The molecule has 1 aromatic carbocycles. The minimum Gasteiger partial charge on any atom is -0.462 e. The number of ether oxygens (including phenoxy) is 3. The lowest BCUT2D eigenvalue weighted by Gasteiger charge is -2.44. The molecule has 3 aliphatic rings. The van der Waals surface area contributed by atoms with Gasteiger partial charge in [0.05, 0.1) is 12.7 Å². The molecule has 182 valence electrons. The van der Waals surface area contributed by atoms with Crippen LogP contribution in [0.1, 0.15) is 44.6 Å². The Balaban J connectivity index is 1.25. The van der Waals surface area contributed by atoms with Crippen LogP contribution in [0.4, 0.5) is 0 Å². The van der Waals surface area contributed by atoms with Gasteiger partial charge in [0, 0.05) is 18.0 Å². The molecule has 0 spiro atoms. The second kappa shape index (κ2) is 11.0. The normalized spacial score (nSPS) is 35.2. The van der Waals surface area contributed by atoms with Gasteiger partial charge in [-0.05, 0) is 69.5 Å². The number of piperidine rings is 2. The topological polar surface area (TPSA) is 109 Å². The fraction of sp³-hybridized carbons (Fsp3) is 0.640. The zero-order valence-electron chi connectivity index (χ0n) is 19.1. The molecule has 3 fully saturated rings. The second-order valence-electron chi connectivity index (χ2n) is 9.33. The maximum atomic E-state index is 12.2. The van der Waals surface area contributed by atoms with Gasteiger partial charge in [-0.2, -0.15) is 0 Å². The molecule has 1 aromatic rings. The molecule has 0 amide bonds. The monoisotopic (exact) mass is 461 g/mol. The minimum atomic E-state index is -1.37. The average molecular weight is 462 g/mol. The highest BCUT2D eigenvalue weighted by molar-refractivity contribution is 5.87. The summed E-state index contributed by atoms with van der Waals surface area (Å²) in [6.07, 6.45) is 3.51. The smallest absolute Gasteiger partial charge is 0.330 e. The fourth-order valence-electron chi connectivity index (χ4n) is 5.08. The number of aliphatic hydroxyl groups excluding tert-OH is 3. The molecule has 33 heavy (non-hydrogen) atoms. The van der Waals surface area contributed by atoms with Crippen molar-refractivity contribution in [2.24, 2.45) is 5.92 Å². The Hall–Kier alpha value is -1.97. The summed E-state index contributed by atoms with van der Waals surface area (Å²) in [4.78, 5) is 14.8. The largest absolute Gasteiger partial charge is 0.462 e. The van der Waals surface area contributed by atoms with Crippen molar-refractivity contribution in [3.8, 4) is 5.75 Å². The van der Waals surface area contributed by atoms with Crippen molar-refractivity contribution >= 4 is 12.0 Å². The van der Waals surface area contributed by atoms with Crippen LogP contribution in [-0.4, -0.2) is 82.6 Å². The number of hydrogen-bond donors (Lipinski definition) is 3. The van der Waals surface area contributed by atoms with E-state index in [1.807, 2.05) is 0 Å². The SMILES string of the molecule is C[C@@H]1O[C@@H](Oc2ccc(/C=C/C(=O)OC[C@H]3CCCN4CCCC[C@H]34)cc2)[C@H](O)[C@H](O)[C@H]1O. The van der Waals surface area contributed by atoms with Crippen molar-refractivity contribution < 1.29 is 34.3 Å². The molecular formula is C25H35NO7. The van der Waals surface area contributed by atoms with E-state index in [1.54, 1.807) is 37.3 Å². The Morgan fingerprint density at radius 2 is 1.82 bits per heavy atom. The first-order chi connectivity index (χ1) is 15.9. The van der Waals surface area contributed by atoms with Crippen LogP contribution in [0.5, 0.6) is 5.75 Å². The molecule has 3 N–H and O–H groups in total. The molecule has 7 atom stereocenters. The third-order valence-electron chi connectivity index (χ3n) is 7.02. The van der Waals surface area contributed by atoms with Gasteiger partial charge in [-0.15, -0.1) is 0 Å². The van der Waals surface area contributed by atoms with Crippen LogP contribution in [0.25, 0.3) is 6.08 Å². The van der Waals surface area contributed by atoms with Crippen LogP contribution in [0.3, 0.4) is 0 Å². The zero-order chi connectivity index (χ0) is 23.4. The van der Waals surface area contributed by atoms with Gasteiger partial charge < -0.3 is 29.5 Å². The number of esters is 1. The van der Waals surface area contributed by atoms with Gasteiger partial charge in [0.1, 0.15) is 24.1 Å². The van der Waals surface area contributed by atoms with E-state index in [1.165, 1.54) is 44.8 Å². The highest BCUT2D eigenvalue weighted by Crippen LogP contribution is 2.31. The standard InChI is InChI=1S/C25H35NO7/c1-16-22(28)23(29)24(30)25(32-16)33-19-10-7-17(8-11-19)9-12-21(27)31-15-18-5-4-14-26-13-3-2-6-20(18)26/h7-12,16,18,20,22-25,28-30H,2-6,13-15H2,1H3/b12-9+/t16-,18+,20+,22-,23+,24+,25-/m0/s1. The van der Waals surface area contributed by atoms with E-state index in [4.69, 9.17) is 14.2 Å². The van der Waals surface area contributed by atoms with Crippen molar-refractivity contribution in [2.75, 3.05) is 19.7 Å². The number of carbonyl (C=O) groups excluding carboxylic acids is 1. The molecule has 4 rings (SSSR count). The van der Waals surface area contributed by atoms with E-state index in [0.717, 1.165) is 12.0 Å². The molecule has 0 radical (unpaired) electrons. The first kappa shape index (κ1) is 24.2. The number of fused-ring (bicyclic) bond motifs is 1. The van der Waals surface area contributed by atoms with E-state index in [9.17, 15) is 20.1 Å². The first-order valence-electron chi connectivity index (χ1n) is 12.0. The number of hydrogen-bond acceptors (Lipinski definition) is 8. The number of nitrogens with zero attached hydrogens (tertiary/aromatic N) is 1. The van der Waals surface area contributed by atoms with Crippen molar-refractivity contribution in [3.63, 3.8) is 0 Å². The highest BCUT2D eigenvalue weighted by atomic mass is 16.7. The summed E-state index contributed by atoms with van der Waals surface area (Å²) in [6, 6.07) is 7.45. The Morgan fingerprint density at radius 3 is 2.61 bits per heavy atom. The Bertz CT molecular complexity index is 811. The van der Waals surface area contributed by atoms with Crippen LogP contribution in [-0.2, 0) is 14.3 Å². The van der Waals surface area contributed by atoms with Gasteiger partial charge in [0.25, 0.3) is 0 Å². The van der Waals surface area contributed by atoms with Crippen molar-refractivity contribution in [2.45, 2.75) is 75.8 Å². The molecule has 3 aliphatic heterocycles. The van der Waals surface area contributed by atoms with Crippen LogP contribution in [0, 0.1) is 5.92 Å². The fourth-order valence-corrected chi connectivity index (χ4v) is 5.08. The maximum Gasteiger partial charge on any atom is 0.330 e. The Morgan fingerprint density at radius 1 is 1.06 bits per heavy atom. The summed E-state index contributed by atoms with van der Waals surface area (Å²) in [7, 11) is 0. The van der Waals surface area contributed by atoms with Crippen LogP contribution < -0.4 is 4.74 Å². The van der Waals surface area contributed by atoms with Gasteiger partial charge in [-0.25, -0.2) is 4.79 Å². The molecular weight excluding hydrogens is 426 g/mol. The molecule has 3 heterocycles. The van der Waals surface area contributed by atoms with Gasteiger partial charge in [-0.3, -0.25) is 4.90 Å². The summed E-state index contributed by atoms with van der Waals surface area (Å²) < 4.78 is 16.6. The summed E-state index contributed by atoms with van der Waals surface area (Å²) in [5.41, 5.74) is 0.796. The van der Waals surface area contributed by atoms with Gasteiger partial charge in [0.15, 0.2) is 0 Å². The van der Waals surface area contributed by atoms with Crippen molar-refractivity contribution in [1.82, 2.24) is 4.90 Å².